The maximum atomic E-state index is 12.6. The smallest absolute Gasteiger partial charge is 0.421 e. The van der Waals surface area contributed by atoms with Gasteiger partial charge in [0.1, 0.15) is 0 Å². The van der Waals surface area contributed by atoms with Crippen molar-refractivity contribution in [2.45, 2.75) is 18.6 Å². The quantitative estimate of drug-likeness (QED) is 0.818. The standard InChI is InChI=1S/C10H10F3NO2/c1-6-2-4-7(5-3-6)9(14,8(15)16)10(11,12)13/h2-5H,14H2,1H3,(H,15,16)/t9-/m1/s1. The largest absolute Gasteiger partial charge is 0.479 e. The van der Waals surface area contributed by atoms with Crippen LogP contribution in [-0.4, -0.2) is 17.3 Å². The van der Waals surface area contributed by atoms with Gasteiger partial charge in [0.05, 0.1) is 0 Å². The number of halogens is 3. The highest BCUT2D eigenvalue weighted by Crippen LogP contribution is 2.37. The van der Waals surface area contributed by atoms with Crippen LogP contribution in [0.5, 0.6) is 0 Å². The van der Waals surface area contributed by atoms with Gasteiger partial charge in [-0.1, -0.05) is 29.8 Å². The first-order valence-electron chi connectivity index (χ1n) is 4.35. The Hall–Kier alpha value is -1.56. The van der Waals surface area contributed by atoms with Crippen molar-refractivity contribution in [3.63, 3.8) is 0 Å². The number of hydrogen-bond acceptors (Lipinski definition) is 2. The van der Waals surface area contributed by atoms with Crippen LogP contribution in [-0.2, 0) is 10.3 Å². The van der Waals surface area contributed by atoms with Crippen LogP contribution in [0.1, 0.15) is 11.1 Å². The number of rotatable bonds is 2. The Morgan fingerprint density at radius 2 is 1.69 bits per heavy atom. The van der Waals surface area contributed by atoms with E-state index in [1.54, 1.807) is 6.92 Å². The first-order chi connectivity index (χ1) is 7.19. The topological polar surface area (TPSA) is 63.3 Å². The zero-order chi connectivity index (χ0) is 12.6. The molecule has 1 atom stereocenters. The van der Waals surface area contributed by atoms with E-state index in [1.807, 2.05) is 0 Å². The molecule has 0 radical (unpaired) electrons. The van der Waals surface area contributed by atoms with E-state index in [9.17, 15) is 18.0 Å². The molecule has 16 heavy (non-hydrogen) atoms. The van der Waals surface area contributed by atoms with Gasteiger partial charge in [0.15, 0.2) is 0 Å². The van der Waals surface area contributed by atoms with Crippen LogP contribution in [0.25, 0.3) is 0 Å². The third-order valence-electron chi connectivity index (χ3n) is 2.29. The molecule has 0 aliphatic carbocycles. The maximum absolute atomic E-state index is 12.6. The average molecular weight is 233 g/mol. The van der Waals surface area contributed by atoms with E-state index < -0.39 is 23.2 Å². The lowest BCUT2D eigenvalue weighted by Gasteiger charge is -2.27. The molecule has 3 nitrogen and oxygen atoms in total. The minimum absolute atomic E-state index is 0.488. The van der Waals surface area contributed by atoms with Crippen LogP contribution in [0.15, 0.2) is 24.3 Å². The van der Waals surface area contributed by atoms with E-state index >= 15 is 0 Å². The van der Waals surface area contributed by atoms with Crippen LogP contribution < -0.4 is 5.73 Å². The van der Waals surface area contributed by atoms with E-state index in [0.717, 1.165) is 17.7 Å². The molecule has 0 saturated heterocycles. The molecule has 0 unspecified atom stereocenters. The van der Waals surface area contributed by atoms with Gasteiger partial charge in [0.25, 0.3) is 0 Å². The van der Waals surface area contributed by atoms with Crippen LogP contribution in [0.3, 0.4) is 0 Å². The van der Waals surface area contributed by atoms with E-state index in [2.05, 4.69) is 0 Å². The predicted octanol–water partition coefficient (Wildman–Crippen LogP) is 1.80. The van der Waals surface area contributed by atoms with Gasteiger partial charge in [-0.25, -0.2) is 4.79 Å². The second kappa shape index (κ2) is 3.79. The molecule has 3 N–H and O–H groups in total. The summed E-state index contributed by atoms with van der Waals surface area (Å²) in [6.45, 7) is 1.68. The van der Waals surface area contributed by atoms with Crippen molar-refractivity contribution in [2.75, 3.05) is 0 Å². The predicted molar refractivity (Wildman–Crippen MR) is 50.7 cm³/mol. The van der Waals surface area contributed by atoms with Crippen LogP contribution in [0, 0.1) is 6.92 Å². The Bertz CT molecular complexity index is 400. The monoisotopic (exact) mass is 233 g/mol. The maximum Gasteiger partial charge on any atom is 0.421 e. The highest BCUT2D eigenvalue weighted by atomic mass is 19.4. The Kier molecular flexibility index (Phi) is 2.96. The summed E-state index contributed by atoms with van der Waals surface area (Å²) in [6, 6.07) is 4.89. The zero-order valence-corrected chi connectivity index (χ0v) is 8.38. The highest BCUT2D eigenvalue weighted by Gasteiger charge is 2.59. The summed E-state index contributed by atoms with van der Waals surface area (Å²) in [5.41, 5.74) is 1.84. The number of nitrogens with two attached hydrogens (primary N) is 1. The Morgan fingerprint density at radius 3 is 2.00 bits per heavy atom. The number of benzene rings is 1. The molecule has 0 saturated carbocycles. The average Bonchev–Trinajstić information content (AvgIpc) is 2.15. The fourth-order valence-corrected chi connectivity index (χ4v) is 1.22. The number of aryl methyl sites for hydroxylation is 1. The number of hydrogen-bond donors (Lipinski definition) is 2. The lowest BCUT2D eigenvalue weighted by atomic mass is 9.90. The fourth-order valence-electron chi connectivity index (χ4n) is 1.22. The van der Waals surface area contributed by atoms with E-state index in [4.69, 9.17) is 10.8 Å². The first-order valence-corrected chi connectivity index (χ1v) is 4.35. The van der Waals surface area contributed by atoms with Gasteiger partial charge in [-0.15, -0.1) is 0 Å². The van der Waals surface area contributed by atoms with Gasteiger partial charge in [0, 0.05) is 0 Å². The number of carboxylic acids is 1. The minimum atomic E-state index is -5.05. The summed E-state index contributed by atoms with van der Waals surface area (Å²) in [5, 5.41) is 8.65. The minimum Gasteiger partial charge on any atom is -0.479 e. The third-order valence-corrected chi connectivity index (χ3v) is 2.29. The molecule has 0 aliphatic rings. The number of alkyl halides is 3. The molecule has 0 amide bonds. The van der Waals surface area contributed by atoms with Gasteiger partial charge in [-0.3, -0.25) is 0 Å². The van der Waals surface area contributed by atoms with Crippen molar-refractivity contribution >= 4 is 5.97 Å². The van der Waals surface area contributed by atoms with E-state index in [1.165, 1.54) is 12.1 Å². The summed E-state index contributed by atoms with van der Waals surface area (Å²) in [6.07, 6.45) is -5.05. The van der Waals surface area contributed by atoms with Crippen LogP contribution in [0.4, 0.5) is 13.2 Å². The molecular weight excluding hydrogens is 223 g/mol. The number of aliphatic carboxylic acids is 1. The molecule has 0 bridgehead atoms. The number of carbonyl (C=O) groups is 1. The molecule has 0 spiro atoms. The Labute approximate surface area is 89.7 Å². The molecule has 6 heteroatoms. The molecule has 0 aromatic heterocycles. The molecule has 0 heterocycles. The first kappa shape index (κ1) is 12.5. The Balaban J connectivity index is 3.34. The van der Waals surface area contributed by atoms with E-state index in [0.29, 0.717) is 0 Å². The third kappa shape index (κ3) is 1.88. The summed E-state index contributed by atoms with van der Waals surface area (Å²) in [5.74, 6) is -2.12. The SMILES string of the molecule is Cc1ccc([C@@](N)(C(=O)O)C(F)(F)F)cc1. The van der Waals surface area contributed by atoms with Crippen molar-refractivity contribution in [1.82, 2.24) is 0 Å². The lowest BCUT2D eigenvalue weighted by Crippen LogP contribution is -2.56. The summed E-state index contributed by atoms with van der Waals surface area (Å²) in [4.78, 5) is 10.7. The van der Waals surface area contributed by atoms with Crippen molar-refractivity contribution in [3.8, 4) is 0 Å². The molecular formula is C10H10F3NO2. The van der Waals surface area contributed by atoms with Gasteiger partial charge >= 0.3 is 12.1 Å². The van der Waals surface area contributed by atoms with Gasteiger partial charge in [-0.05, 0) is 12.5 Å². The van der Waals surface area contributed by atoms with Crippen LogP contribution >= 0.6 is 0 Å². The van der Waals surface area contributed by atoms with Gasteiger partial charge < -0.3 is 10.8 Å². The fraction of sp³-hybridized carbons (Fsp3) is 0.300. The van der Waals surface area contributed by atoms with Gasteiger partial charge in [0.2, 0.25) is 5.54 Å². The van der Waals surface area contributed by atoms with Gasteiger partial charge in [-0.2, -0.15) is 13.2 Å². The van der Waals surface area contributed by atoms with Crippen molar-refractivity contribution in [1.29, 1.82) is 0 Å². The zero-order valence-electron chi connectivity index (χ0n) is 8.38. The summed E-state index contributed by atoms with van der Waals surface area (Å²) in [7, 11) is 0. The van der Waals surface area contributed by atoms with Crippen molar-refractivity contribution in [3.05, 3.63) is 35.4 Å². The molecule has 0 aliphatic heterocycles. The normalized spacial score (nSPS) is 15.6. The Morgan fingerprint density at radius 1 is 1.25 bits per heavy atom. The summed E-state index contributed by atoms with van der Waals surface area (Å²) < 4.78 is 37.9. The second-order valence-corrected chi connectivity index (χ2v) is 3.48. The molecule has 0 fully saturated rings. The molecule has 88 valence electrons. The second-order valence-electron chi connectivity index (χ2n) is 3.48. The molecule has 1 aromatic carbocycles. The van der Waals surface area contributed by atoms with E-state index in [-0.39, 0.29) is 0 Å². The molecule has 1 rings (SSSR count). The highest BCUT2D eigenvalue weighted by molar-refractivity contribution is 5.81. The lowest BCUT2D eigenvalue weighted by molar-refractivity contribution is -0.204. The summed E-state index contributed by atoms with van der Waals surface area (Å²) >= 11 is 0. The van der Waals surface area contributed by atoms with Crippen molar-refractivity contribution < 1.29 is 23.1 Å². The molecule has 1 aromatic rings. The number of carboxylic acid groups (broad SMARTS) is 1. The van der Waals surface area contributed by atoms with Crippen molar-refractivity contribution in [2.24, 2.45) is 5.73 Å². The van der Waals surface area contributed by atoms with Crippen LogP contribution in [0.2, 0.25) is 0 Å².